The van der Waals surface area contributed by atoms with E-state index in [1.54, 1.807) is 12.4 Å². The van der Waals surface area contributed by atoms with E-state index in [0.29, 0.717) is 11.6 Å². The molecule has 4 heterocycles. The Morgan fingerprint density at radius 3 is 2.76 bits per heavy atom. The molecule has 3 aromatic heterocycles. The van der Waals surface area contributed by atoms with E-state index in [4.69, 9.17) is 0 Å². The maximum atomic E-state index is 13.3. The van der Waals surface area contributed by atoms with Gasteiger partial charge in [-0.05, 0) is 74.2 Å². The topological polar surface area (TPSA) is 73.9 Å². The number of carbonyl (C=O) groups is 1. The molecule has 2 N–H and O–H groups in total. The average Bonchev–Trinajstić information content (AvgIpc) is 3.59. The molecule has 1 fully saturated rings. The molecule has 0 bridgehead atoms. The SMILES string of the molecule is Cc1c[nH]c2nccc(-c3ccc(C(=O)N[C@@H]4c5ccccc5C[C@H]4N4CCCC4)cn3)c12. The third-order valence-corrected chi connectivity index (χ3v) is 7.17. The van der Waals surface area contributed by atoms with Crippen LogP contribution in [0.4, 0.5) is 0 Å². The predicted octanol–water partition coefficient (Wildman–Crippen LogP) is 4.42. The number of nitrogens with zero attached hydrogens (tertiary/aromatic N) is 3. The number of carbonyl (C=O) groups excluding carboxylic acids is 1. The lowest BCUT2D eigenvalue weighted by molar-refractivity contribution is 0.0906. The number of aromatic nitrogens is 3. The van der Waals surface area contributed by atoms with Crippen molar-refractivity contribution in [3.63, 3.8) is 0 Å². The Hall–Kier alpha value is -3.51. The molecule has 1 saturated heterocycles. The highest BCUT2D eigenvalue weighted by Gasteiger charge is 2.38. The summed E-state index contributed by atoms with van der Waals surface area (Å²) in [5, 5.41) is 4.40. The Labute approximate surface area is 193 Å². The first-order chi connectivity index (χ1) is 16.2. The van der Waals surface area contributed by atoms with Gasteiger partial charge in [0, 0.05) is 35.6 Å². The van der Waals surface area contributed by atoms with Gasteiger partial charge in [0.05, 0.1) is 17.3 Å². The zero-order valence-electron chi connectivity index (χ0n) is 18.7. The molecule has 0 unspecified atom stereocenters. The maximum absolute atomic E-state index is 13.3. The van der Waals surface area contributed by atoms with E-state index in [1.165, 1.54) is 24.0 Å². The predicted molar refractivity (Wildman–Crippen MR) is 129 cm³/mol. The number of aryl methyl sites for hydroxylation is 1. The lowest BCUT2D eigenvalue weighted by Crippen LogP contribution is -2.43. The second kappa shape index (κ2) is 8.12. The van der Waals surface area contributed by atoms with E-state index in [-0.39, 0.29) is 11.9 Å². The Balaban J connectivity index is 1.26. The fourth-order valence-electron chi connectivity index (χ4n) is 5.51. The number of H-pyrrole nitrogens is 1. The van der Waals surface area contributed by atoms with Crippen molar-refractivity contribution in [2.24, 2.45) is 0 Å². The maximum Gasteiger partial charge on any atom is 0.253 e. The lowest BCUT2D eigenvalue weighted by atomic mass is 10.0. The van der Waals surface area contributed by atoms with Crippen molar-refractivity contribution in [3.8, 4) is 11.3 Å². The quantitative estimate of drug-likeness (QED) is 0.496. The van der Waals surface area contributed by atoms with Crippen LogP contribution in [-0.4, -0.2) is 44.9 Å². The van der Waals surface area contributed by atoms with Gasteiger partial charge in [0.15, 0.2) is 0 Å². The van der Waals surface area contributed by atoms with Crippen molar-refractivity contribution >= 4 is 16.9 Å². The summed E-state index contributed by atoms with van der Waals surface area (Å²) in [6, 6.07) is 14.6. The van der Waals surface area contributed by atoms with E-state index in [2.05, 4.69) is 56.4 Å². The van der Waals surface area contributed by atoms with Crippen molar-refractivity contribution in [1.82, 2.24) is 25.2 Å². The molecule has 2 aliphatic rings. The number of likely N-dealkylation sites (tertiary alicyclic amines) is 1. The van der Waals surface area contributed by atoms with Crippen LogP contribution in [0.15, 0.2) is 61.1 Å². The molecule has 0 spiro atoms. The van der Waals surface area contributed by atoms with Gasteiger partial charge < -0.3 is 10.3 Å². The number of hydrogen-bond acceptors (Lipinski definition) is 4. The highest BCUT2D eigenvalue weighted by Crippen LogP contribution is 2.36. The smallest absolute Gasteiger partial charge is 0.253 e. The van der Waals surface area contributed by atoms with Gasteiger partial charge in [-0.2, -0.15) is 0 Å². The Morgan fingerprint density at radius 2 is 1.94 bits per heavy atom. The summed E-state index contributed by atoms with van der Waals surface area (Å²) in [6.07, 6.45) is 8.89. The van der Waals surface area contributed by atoms with E-state index in [1.807, 2.05) is 24.4 Å². The monoisotopic (exact) mass is 437 g/mol. The van der Waals surface area contributed by atoms with Gasteiger partial charge in [-0.1, -0.05) is 24.3 Å². The number of amides is 1. The van der Waals surface area contributed by atoms with Crippen LogP contribution < -0.4 is 5.32 Å². The first kappa shape index (κ1) is 20.1. The van der Waals surface area contributed by atoms with E-state index < -0.39 is 0 Å². The molecule has 1 aliphatic heterocycles. The Kier molecular flexibility index (Phi) is 4.95. The van der Waals surface area contributed by atoms with Gasteiger partial charge in [-0.3, -0.25) is 14.7 Å². The van der Waals surface area contributed by atoms with Gasteiger partial charge in [0.25, 0.3) is 5.91 Å². The number of aromatic amines is 1. The van der Waals surface area contributed by atoms with Crippen LogP contribution >= 0.6 is 0 Å². The molecule has 6 nitrogen and oxygen atoms in total. The Morgan fingerprint density at radius 1 is 1.09 bits per heavy atom. The molecule has 0 radical (unpaired) electrons. The molecule has 1 aromatic carbocycles. The van der Waals surface area contributed by atoms with E-state index in [0.717, 1.165) is 47.4 Å². The van der Waals surface area contributed by atoms with E-state index >= 15 is 0 Å². The van der Waals surface area contributed by atoms with Crippen molar-refractivity contribution in [2.45, 2.75) is 38.3 Å². The largest absolute Gasteiger partial charge is 0.346 e. The van der Waals surface area contributed by atoms with Gasteiger partial charge in [0.2, 0.25) is 0 Å². The highest BCUT2D eigenvalue weighted by molar-refractivity contribution is 5.96. The third-order valence-electron chi connectivity index (χ3n) is 7.17. The fourth-order valence-corrected chi connectivity index (χ4v) is 5.51. The number of pyridine rings is 2. The zero-order chi connectivity index (χ0) is 22.4. The molecule has 6 heteroatoms. The Bertz CT molecular complexity index is 1320. The molecule has 0 saturated carbocycles. The molecule has 4 aromatic rings. The lowest BCUT2D eigenvalue weighted by Gasteiger charge is -2.30. The van der Waals surface area contributed by atoms with Crippen LogP contribution in [0.5, 0.6) is 0 Å². The third kappa shape index (κ3) is 3.51. The summed E-state index contributed by atoms with van der Waals surface area (Å²) in [5.74, 6) is -0.0716. The molecule has 166 valence electrons. The fraction of sp³-hybridized carbons (Fsp3) is 0.296. The summed E-state index contributed by atoms with van der Waals surface area (Å²) < 4.78 is 0. The van der Waals surface area contributed by atoms with Crippen molar-refractivity contribution in [2.75, 3.05) is 13.1 Å². The summed E-state index contributed by atoms with van der Waals surface area (Å²) in [5.41, 5.74) is 7.00. The number of rotatable bonds is 4. The highest BCUT2D eigenvalue weighted by atomic mass is 16.1. The number of hydrogen-bond donors (Lipinski definition) is 2. The van der Waals surface area contributed by atoms with Gasteiger partial charge in [-0.15, -0.1) is 0 Å². The van der Waals surface area contributed by atoms with Crippen LogP contribution in [-0.2, 0) is 6.42 Å². The van der Waals surface area contributed by atoms with Crippen LogP contribution in [0.1, 0.15) is 45.9 Å². The van der Waals surface area contributed by atoms with Gasteiger partial charge in [0.1, 0.15) is 5.65 Å². The minimum absolute atomic E-state index is 0.00815. The second-order valence-corrected chi connectivity index (χ2v) is 9.15. The molecular weight excluding hydrogens is 410 g/mol. The summed E-state index contributed by atoms with van der Waals surface area (Å²) in [6.45, 7) is 4.28. The minimum Gasteiger partial charge on any atom is -0.346 e. The van der Waals surface area contributed by atoms with Gasteiger partial charge >= 0.3 is 0 Å². The first-order valence-electron chi connectivity index (χ1n) is 11.7. The molecule has 2 atom stereocenters. The number of nitrogens with one attached hydrogen (secondary N) is 2. The van der Waals surface area contributed by atoms with Gasteiger partial charge in [-0.25, -0.2) is 4.98 Å². The molecular formula is C27H27N5O. The second-order valence-electron chi connectivity index (χ2n) is 9.15. The van der Waals surface area contributed by atoms with Crippen LogP contribution in [0, 0.1) is 6.92 Å². The van der Waals surface area contributed by atoms with Crippen molar-refractivity contribution < 1.29 is 4.79 Å². The van der Waals surface area contributed by atoms with Crippen LogP contribution in [0.2, 0.25) is 0 Å². The standard InChI is InChI=1S/C27H27N5O/c1-17-15-30-26-24(17)21(10-11-28-26)22-9-8-19(16-29-22)27(33)31-25-20-7-3-2-6-18(20)14-23(25)32-12-4-5-13-32/h2-3,6-11,15-16,23,25H,4-5,12-14H2,1H3,(H,28,30)(H,31,33)/t23-,25-/m1/s1. The first-order valence-corrected chi connectivity index (χ1v) is 11.7. The normalized spacial score (nSPS) is 20.3. The summed E-state index contributed by atoms with van der Waals surface area (Å²) >= 11 is 0. The number of fused-ring (bicyclic) bond motifs is 2. The number of benzene rings is 1. The van der Waals surface area contributed by atoms with Crippen molar-refractivity contribution in [3.05, 3.63) is 83.3 Å². The van der Waals surface area contributed by atoms with E-state index in [9.17, 15) is 4.79 Å². The summed E-state index contributed by atoms with van der Waals surface area (Å²) in [7, 11) is 0. The molecule has 1 amide bonds. The molecule has 6 rings (SSSR count). The molecule has 33 heavy (non-hydrogen) atoms. The minimum atomic E-state index is -0.0716. The zero-order valence-corrected chi connectivity index (χ0v) is 18.7. The summed E-state index contributed by atoms with van der Waals surface area (Å²) in [4.78, 5) is 28.0. The average molecular weight is 438 g/mol. The molecule has 1 aliphatic carbocycles. The van der Waals surface area contributed by atoms with Crippen molar-refractivity contribution in [1.29, 1.82) is 0 Å². The van der Waals surface area contributed by atoms with Crippen LogP contribution in [0.3, 0.4) is 0 Å². The van der Waals surface area contributed by atoms with Crippen LogP contribution in [0.25, 0.3) is 22.3 Å².